The first-order valence-electron chi connectivity index (χ1n) is 7.34. The number of hydrogen-bond acceptors (Lipinski definition) is 4. The summed E-state index contributed by atoms with van der Waals surface area (Å²) < 4.78 is 0. The van der Waals surface area contributed by atoms with Crippen LogP contribution < -0.4 is 0 Å². The second-order valence-corrected chi connectivity index (χ2v) is 7.55. The third-order valence-electron chi connectivity index (χ3n) is 7.94. The van der Waals surface area contributed by atoms with Crippen molar-refractivity contribution >= 4 is 11.6 Å². The van der Waals surface area contributed by atoms with E-state index in [-0.39, 0.29) is 24.0 Å². The average molecular weight is 256 g/mol. The van der Waals surface area contributed by atoms with Gasteiger partial charge in [-0.25, -0.2) is 9.78 Å². The Morgan fingerprint density at radius 1 is 0.895 bits per heavy atom. The zero-order valence-corrected chi connectivity index (χ0v) is 10.1. The fraction of sp³-hybridized carbons (Fsp3) is 0.733. The van der Waals surface area contributed by atoms with Crippen LogP contribution in [0.3, 0.4) is 0 Å². The van der Waals surface area contributed by atoms with Crippen LogP contribution >= 0.6 is 0 Å². The Hall–Kier alpha value is -1.00. The normalized spacial score (nSPS) is 75.2. The predicted molar refractivity (Wildman–Crippen MR) is 59.3 cm³/mol. The fourth-order valence-electron chi connectivity index (χ4n) is 8.08. The van der Waals surface area contributed by atoms with E-state index in [0.717, 1.165) is 6.42 Å². The lowest BCUT2D eigenvalue weighted by molar-refractivity contribution is -0.448. The molecule has 4 nitrogen and oxygen atoms in total. The standard InChI is InChI=1S/C15H12O4/c16-12-8-4-3-5-9(8)13(17)15-7-2-1-6(18-19-7)14(12,15)10(4)11(5)15/h1-2,4-11H,3H2/t4-,5+,6-,7+,8-,9+,10+,11-,14-,15+. The van der Waals surface area contributed by atoms with Gasteiger partial charge < -0.3 is 0 Å². The monoisotopic (exact) mass is 256 g/mol. The van der Waals surface area contributed by atoms with E-state index in [2.05, 4.69) is 0 Å². The van der Waals surface area contributed by atoms with Crippen molar-refractivity contribution in [2.24, 2.45) is 46.3 Å². The first-order chi connectivity index (χ1) is 9.25. The van der Waals surface area contributed by atoms with Crippen LogP contribution in [0.4, 0.5) is 0 Å². The molecule has 8 aliphatic rings. The highest BCUT2D eigenvalue weighted by molar-refractivity contribution is 6.13. The molecule has 0 aromatic carbocycles. The molecule has 2 spiro atoms. The van der Waals surface area contributed by atoms with Gasteiger partial charge in [0.1, 0.15) is 23.8 Å². The summed E-state index contributed by atoms with van der Waals surface area (Å²) in [5.74, 6) is 2.55. The Morgan fingerprint density at radius 2 is 1.37 bits per heavy atom. The van der Waals surface area contributed by atoms with E-state index in [1.54, 1.807) is 0 Å². The molecule has 6 aliphatic carbocycles. The van der Waals surface area contributed by atoms with Gasteiger partial charge in [-0.05, 0) is 30.1 Å². The van der Waals surface area contributed by atoms with E-state index in [1.807, 2.05) is 12.2 Å². The van der Waals surface area contributed by atoms with Gasteiger partial charge in [-0.2, -0.15) is 0 Å². The van der Waals surface area contributed by atoms with Gasteiger partial charge in [-0.3, -0.25) is 9.59 Å². The molecule has 5 saturated carbocycles. The third-order valence-corrected chi connectivity index (χ3v) is 7.94. The zero-order valence-electron chi connectivity index (χ0n) is 10.1. The maximum atomic E-state index is 13.1. The molecule has 10 atom stereocenters. The minimum atomic E-state index is -0.524. The molecule has 8 rings (SSSR count). The lowest BCUT2D eigenvalue weighted by Gasteiger charge is -2.69. The summed E-state index contributed by atoms with van der Waals surface area (Å²) in [4.78, 5) is 37.0. The van der Waals surface area contributed by atoms with Crippen LogP contribution in [0.25, 0.3) is 0 Å². The predicted octanol–water partition coefficient (Wildman–Crippen LogP) is 0.521. The molecule has 1 saturated heterocycles. The molecule has 96 valence electrons. The van der Waals surface area contributed by atoms with E-state index in [1.165, 1.54) is 0 Å². The zero-order chi connectivity index (χ0) is 12.3. The van der Waals surface area contributed by atoms with Gasteiger partial charge in [0.25, 0.3) is 0 Å². The quantitative estimate of drug-likeness (QED) is 0.468. The Kier molecular flexibility index (Phi) is 0.978. The van der Waals surface area contributed by atoms with Crippen molar-refractivity contribution in [2.45, 2.75) is 18.6 Å². The summed E-state index contributed by atoms with van der Waals surface area (Å²) in [7, 11) is 0. The van der Waals surface area contributed by atoms with Crippen molar-refractivity contribution in [1.82, 2.24) is 0 Å². The molecule has 2 heterocycles. The van der Waals surface area contributed by atoms with Crippen LogP contribution in [-0.4, -0.2) is 23.8 Å². The average Bonchev–Trinajstić information content (AvgIpc) is 2.95. The highest BCUT2D eigenvalue weighted by Crippen LogP contribution is 2.92. The Balaban J connectivity index is 1.69. The summed E-state index contributed by atoms with van der Waals surface area (Å²) in [5, 5.41) is 0. The van der Waals surface area contributed by atoms with E-state index < -0.39 is 10.8 Å². The largest absolute Gasteiger partial charge is 0.299 e. The first kappa shape index (κ1) is 9.03. The summed E-state index contributed by atoms with van der Waals surface area (Å²) in [5.41, 5.74) is -1.05. The lowest BCUT2D eigenvalue weighted by atomic mass is 9.34. The molecule has 19 heavy (non-hydrogen) atoms. The van der Waals surface area contributed by atoms with Crippen LogP contribution in [0.15, 0.2) is 12.2 Å². The number of hydrogen-bond donors (Lipinski definition) is 0. The van der Waals surface area contributed by atoms with Crippen molar-refractivity contribution in [1.29, 1.82) is 0 Å². The van der Waals surface area contributed by atoms with Crippen molar-refractivity contribution in [3.8, 4) is 0 Å². The van der Waals surface area contributed by atoms with Crippen LogP contribution in [0.5, 0.6) is 0 Å². The smallest absolute Gasteiger partial charge is 0.147 e. The summed E-state index contributed by atoms with van der Waals surface area (Å²) in [6.07, 6.45) is 4.45. The molecular formula is C15H12O4. The molecule has 4 heteroatoms. The van der Waals surface area contributed by atoms with Crippen molar-refractivity contribution in [3.63, 3.8) is 0 Å². The topological polar surface area (TPSA) is 52.6 Å². The van der Waals surface area contributed by atoms with Crippen molar-refractivity contribution in [3.05, 3.63) is 12.2 Å². The Bertz CT molecular complexity index is 599. The molecule has 0 radical (unpaired) electrons. The van der Waals surface area contributed by atoms with E-state index in [4.69, 9.17) is 9.78 Å². The second-order valence-electron chi connectivity index (χ2n) is 7.55. The number of carbonyl (C=O) groups excluding carboxylic acids is 2. The molecule has 0 aromatic rings. The summed E-state index contributed by atoms with van der Waals surface area (Å²) in [6, 6.07) is 0. The highest BCUT2D eigenvalue weighted by Gasteiger charge is 3.00. The molecule has 6 fully saturated rings. The van der Waals surface area contributed by atoms with Gasteiger partial charge in [0, 0.05) is 11.8 Å². The van der Waals surface area contributed by atoms with Crippen LogP contribution in [-0.2, 0) is 19.4 Å². The summed E-state index contributed by atoms with van der Waals surface area (Å²) in [6.45, 7) is 0. The number of carbonyl (C=O) groups is 2. The minimum Gasteiger partial charge on any atom is -0.299 e. The van der Waals surface area contributed by atoms with Crippen LogP contribution in [0.2, 0.25) is 0 Å². The molecule has 0 aromatic heterocycles. The number of rotatable bonds is 0. The molecule has 0 N–H and O–H groups in total. The number of ketones is 2. The maximum absolute atomic E-state index is 13.1. The SMILES string of the molecule is O=C1[C@@H]2[C@H]3C[C@H]4[C@@H]2C(=O)[C@]25[C@H]4[C@H]3[C@]12[C@H]1C=C[C@@H]5OO1. The third kappa shape index (κ3) is 0.472. The van der Waals surface area contributed by atoms with Gasteiger partial charge in [-0.1, -0.05) is 12.2 Å². The molecule has 0 unspecified atom stereocenters. The highest BCUT2D eigenvalue weighted by atomic mass is 17.2. The van der Waals surface area contributed by atoms with Gasteiger partial charge in [-0.15, -0.1) is 0 Å². The van der Waals surface area contributed by atoms with Crippen molar-refractivity contribution in [2.75, 3.05) is 0 Å². The molecule has 0 amide bonds. The van der Waals surface area contributed by atoms with Crippen LogP contribution in [0.1, 0.15) is 6.42 Å². The summed E-state index contributed by atoms with van der Waals surface area (Å²) >= 11 is 0. The number of fused-ring (bicyclic) bond motifs is 2. The minimum absolute atomic E-state index is 0.0331. The molecular weight excluding hydrogens is 244 g/mol. The van der Waals surface area contributed by atoms with Gasteiger partial charge in [0.2, 0.25) is 0 Å². The van der Waals surface area contributed by atoms with Gasteiger partial charge >= 0.3 is 0 Å². The van der Waals surface area contributed by atoms with Gasteiger partial charge in [0.15, 0.2) is 0 Å². The van der Waals surface area contributed by atoms with Crippen molar-refractivity contribution < 1.29 is 19.4 Å². The lowest BCUT2D eigenvalue weighted by Crippen LogP contribution is -2.80. The molecule has 2 aliphatic heterocycles. The van der Waals surface area contributed by atoms with Gasteiger partial charge in [0.05, 0.1) is 10.8 Å². The second kappa shape index (κ2) is 2.06. The Morgan fingerprint density at radius 3 is 1.79 bits per heavy atom. The van der Waals surface area contributed by atoms with Crippen LogP contribution in [0, 0.1) is 46.3 Å². The maximum Gasteiger partial charge on any atom is 0.147 e. The fourth-order valence-corrected chi connectivity index (χ4v) is 8.08. The number of Topliss-reactive ketones (excluding diaryl/α,β-unsaturated/α-hetero) is 2. The molecule has 4 bridgehead atoms. The van der Waals surface area contributed by atoms with E-state index in [0.29, 0.717) is 35.2 Å². The Labute approximate surface area is 109 Å². The van der Waals surface area contributed by atoms with E-state index in [9.17, 15) is 9.59 Å². The first-order valence-corrected chi connectivity index (χ1v) is 7.34. The van der Waals surface area contributed by atoms with E-state index >= 15 is 0 Å².